The van der Waals surface area contributed by atoms with Gasteiger partial charge in [-0.15, -0.1) is 0 Å². The van der Waals surface area contributed by atoms with Gasteiger partial charge < -0.3 is 20.9 Å². The SMILES string of the molecule is CCN(CC(=O)N[C@H]1CCS(=O)(=O)C1)C(=O)[C@H](C)NC(=O)Nc1ccccc1. The van der Waals surface area contributed by atoms with Crippen LogP contribution in [0.25, 0.3) is 0 Å². The van der Waals surface area contributed by atoms with Crippen molar-refractivity contribution in [1.29, 1.82) is 0 Å². The highest BCUT2D eigenvalue weighted by Gasteiger charge is 2.30. The Bertz CT molecular complexity index is 813. The first-order valence-electron chi connectivity index (χ1n) is 9.11. The van der Waals surface area contributed by atoms with Gasteiger partial charge in [-0.3, -0.25) is 9.59 Å². The highest BCUT2D eigenvalue weighted by molar-refractivity contribution is 7.91. The number of hydrogen-bond acceptors (Lipinski definition) is 5. The Morgan fingerprint density at radius 2 is 1.89 bits per heavy atom. The van der Waals surface area contributed by atoms with Crippen molar-refractivity contribution in [3.63, 3.8) is 0 Å². The van der Waals surface area contributed by atoms with Crippen molar-refractivity contribution in [2.45, 2.75) is 32.4 Å². The molecule has 0 unspecified atom stereocenters. The molecule has 154 valence electrons. The largest absolute Gasteiger partial charge is 0.351 e. The van der Waals surface area contributed by atoms with Gasteiger partial charge in [-0.2, -0.15) is 0 Å². The molecule has 0 radical (unpaired) electrons. The van der Waals surface area contributed by atoms with Crippen molar-refractivity contribution in [3.8, 4) is 0 Å². The minimum absolute atomic E-state index is 0.0614. The zero-order valence-corrected chi connectivity index (χ0v) is 16.8. The maximum absolute atomic E-state index is 12.5. The molecular formula is C18H26N4O5S. The van der Waals surface area contributed by atoms with Crippen LogP contribution < -0.4 is 16.0 Å². The fraction of sp³-hybridized carbons (Fsp3) is 0.500. The number of likely N-dealkylation sites (N-methyl/N-ethyl adjacent to an activating group) is 1. The van der Waals surface area contributed by atoms with E-state index in [0.29, 0.717) is 12.1 Å². The fourth-order valence-corrected chi connectivity index (χ4v) is 4.60. The standard InChI is InChI=1S/C18H26N4O5S/c1-3-22(11-16(23)20-15-9-10-28(26,27)12-15)17(24)13(2)19-18(25)21-14-7-5-4-6-8-14/h4-8,13,15H,3,9-12H2,1-2H3,(H,20,23)(H2,19,21,25)/t13-,15-/m0/s1. The summed E-state index contributed by atoms with van der Waals surface area (Å²) in [5.41, 5.74) is 0.595. The van der Waals surface area contributed by atoms with Gasteiger partial charge in [0.05, 0.1) is 18.1 Å². The molecule has 2 atom stereocenters. The topological polar surface area (TPSA) is 125 Å². The van der Waals surface area contributed by atoms with Gasteiger partial charge in [0.1, 0.15) is 6.04 Å². The van der Waals surface area contributed by atoms with Gasteiger partial charge in [-0.25, -0.2) is 13.2 Å². The third-order valence-corrected chi connectivity index (χ3v) is 6.14. The van der Waals surface area contributed by atoms with Crippen LogP contribution in [-0.2, 0) is 19.4 Å². The highest BCUT2D eigenvalue weighted by atomic mass is 32.2. The van der Waals surface area contributed by atoms with Crippen LogP contribution in [0.1, 0.15) is 20.3 Å². The lowest BCUT2D eigenvalue weighted by atomic mass is 10.2. The third kappa shape index (κ3) is 6.52. The molecule has 9 nitrogen and oxygen atoms in total. The van der Waals surface area contributed by atoms with Crippen molar-refractivity contribution < 1.29 is 22.8 Å². The zero-order chi connectivity index (χ0) is 20.7. The monoisotopic (exact) mass is 410 g/mol. The Balaban J connectivity index is 1.83. The Labute approximate surface area is 164 Å². The quantitative estimate of drug-likeness (QED) is 0.598. The van der Waals surface area contributed by atoms with Crippen LogP contribution in [0.4, 0.5) is 10.5 Å². The van der Waals surface area contributed by atoms with Gasteiger partial charge >= 0.3 is 6.03 Å². The van der Waals surface area contributed by atoms with E-state index in [9.17, 15) is 22.8 Å². The number of hydrogen-bond donors (Lipinski definition) is 3. The Hall–Kier alpha value is -2.62. The number of anilines is 1. The van der Waals surface area contributed by atoms with E-state index in [1.54, 1.807) is 31.2 Å². The Kier molecular flexibility index (Phi) is 7.38. The number of sulfone groups is 1. The summed E-state index contributed by atoms with van der Waals surface area (Å²) in [5.74, 6) is -0.833. The van der Waals surface area contributed by atoms with Crippen molar-refractivity contribution in [2.24, 2.45) is 0 Å². The molecule has 0 aliphatic carbocycles. The number of amides is 4. The van der Waals surface area contributed by atoms with Gasteiger partial charge in [0.15, 0.2) is 9.84 Å². The summed E-state index contributed by atoms with van der Waals surface area (Å²) in [6.07, 6.45) is 0.381. The van der Waals surface area contributed by atoms with Crippen molar-refractivity contribution in [1.82, 2.24) is 15.5 Å². The molecule has 10 heteroatoms. The Morgan fingerprint density at radius 3 is 2.46 bits per heavy atom. The molecule has 2 rings (SSSR count). The molecule has 0 spiro atoms. The average molecular weight is 410 g/mol. The molecule has 1 aromatic rings. The number of para-hydroxylation sites is 1. The number of carbonyl (C=O) groups excluding carboxylic acids is 3. The lowest BCUT2D eigenvalue weighted by Gasteiger charge is -2.25. The first kappa shape index (κ1) is 21.7. The summed E-state index contributed by atoms with van der Waals surface area (Å²) in [6.45, 7) is 3.35. The van der Waals surface area contributed by atoms with Crippen molar-refractivity contribution >= 4 is 33.4 Å². The smallest absolute Gasteiger partial charge is 0.319 e. The van der Waals surface area contributed by atoms with Gasteiger partial charge in [-0.1, -0.05) is 18.2 Å². The van der Waals surface area contributed by atoms with Crippen LogP contribution in [0.5, 0.6) is 0 Å². The molecule has 0 bridgehead atoms. The predicted octanol–water partition coefficient (Wildman–Crippen LogP) is 0.348. The third-order valence-electron chi connectivity index (χ3n) is 4.38. The molecule has 0 saturated carbocycles. The van der Waals surface area contributed by atoms with Gasteiger partial charge in [0.2, 0.25) is 11.8 Å². The van der Waals surface area contributed by atoms with Gasteiger partial charge in [0, 0.05) is 18.3 Å². The summed E-state index contributed by atoms with van der Waals surface area (Å²) in [4.78, 5) is 38.0. The maximum Gasteiger partial charge on any atom is 0.319 e. The summed E-state index contributed by atoms with van der Waals surface area (Å²) in [5, 5.41) is 7.83. The fourth-order valence-electron chi connectivity index (χ4n) is 2.92. The summed E-state index contributed by atoms with van der Waals surface area (Å²) in [6, 6.07) is 7.04. The summed E-state index contributed by atoms with van der Waals surface area (Å²) >= 11 is 0. The molecule has 1 aliphatic rings. The summed E-state index contributed by atoms with van der Waals surface area (Å²) in [7, 11) is -3.09. The minimum atomic E-state index is -3.09. The molecule has 1 saturated heterocycles. The van der Waals surface area contributed by atoms with Gasteiger partial charge in [0.25, 0.3) is 0 Å². The zero-order valence-electron chi connectivity index (χ0n) is 16.0. The van der Waals surface area contributed by atoms with Crippen LogP contribution in [0.15, 0.2) is 30.3 Å². The molecule has 1 heterocycles. The molecule has 1 fully saturated rings. The van der Waals surface area contributed by atoms with E-state index in [4.69, 9.17) is 0 Å². The first-order chi connectivity index (χ1) is 13.2. The molecule has 1 aromatic carbocycles. The number of nitrogens with one attached hydrogen (secondary N) is 3. The average Bonchev–Trinajstić information content (AvgIpc) is 2.98. The second-order valence-electron chi connectivity index (χ2n) is 6.71. The number of benzene rings is 1. The van der Waals surface area contributed by atoms with E-state index in [0.717, 1.165) is 0 Å². The Morgan fingerprint density at radius 1 is 1.21 bits per heavy atom. The van der Waals surface area contributed by atoms with Crippen LogP contribution >= 0.6 is 0 Å². The first-order valence-corrected chi connectivity index (χ1v) is 10.9. The predicted molar refractivity (Wildman–Crippen MR) is 106 cm³/mol. The normalized spacial score (nSPS) is 18.7. The van der Waals surface area contributed by atoms with Crippen LogP contribution in [-0.4, -0.2) is 67.8 Å². The number of urea groups is 1. The molecular weight excluding hydrogens is 384 g/mol. The summed E-state index contributed by atoms with van der Waals surface area (Å²) < 4.78 is 22.9. The van der Waals surface area contributed by atoms with E-state index in [1.807, 2.05) is 6.07 Å². The lowest BCUT2D eigenvalue weighted by molar-refractivity contribution is -0.137. The second kappa shape index (κ2) is 9.54. The van der Waals surface area contributed by atoms with Crippen molar-refractivity contribution in [2.75, 3.05) is 29.9 Å². The lowest BCUT2D eigenvalue weighted by Crippen LogP contribution is -2.51. The van der Waals surface area contributed by atoms with Crippen LogP contribution in [0.3, 0.4) is 0 Å². The van der Waals surface area contributed by atoms with E-state index >= 15 is 0 Å². The number of nitrogens with zero attached hydrogens (tertiary/aromatic N) is 1. The molecule has 3 N–H and O–H groups in total. The molecule has 0 aromatic heterocycles. The molecule has 28 heavy (non-hydrogen) atoms. The highest BCUT2D eigenvalue weighted by Crippen LogP contribution is 2.11. The number of carbonyl (C=O) groups is 3. The minimum Gasteiger partial charge on any atom is -0.351 e. The van der Waals surface area contributed by atoms with Crippen molar-refractivity contribution in [3.05, 3.63) is 30.3 Å². The van der Waals surface area contributed by atoms with Gasteiger partial charge in [-0.05, 0) is 32.4 Å². The number of rotatable bonds is 7. The van der Waals surface area contributed by atoms with Crippen LogP contribution in [0.2, 0.25) is 0 Å². The van der Waals surface area contributed by atoms with E-state index in [-0.39, 0.29) is 24.6 Å². The van der Waals surface area contributed by atoms with E-state index in [1.165, 1.54) is 11.8 Å². The maximum atomic E-state index is 12.5. The van der Waals surface area contributed by atoms with E-state index < -0.39 is 39.8 Å². The van der Waals surface area contributed by atoms with E-state index in [2.05, 4.69) is 16.0 Å². The molecule has 1 aliphatic heterocycles. The molecule has 4 amide bonds. The second-order valence-corrected chi connectivity index (χ2v) is 8.93. The van der Waals surface area contributed by atoms with Crippen LogP contribution in [0, 0.1) is 0 Å².